The monoisotopic (exact) mass is 712 g/mol. The van der Waals surface area contributed by atoms with Crippen molar-refractivity contribution in [2.24, 2.45) is 11.3 Å². The number of tetrazole rings is 1. The minimum atomic E-state index is -1.38. The van der Waals surface area contributed by atoms with Crippen molar-refractivity contribution in [2.45, 2.75) is 50.3 Å². The molecule has 2 unspecified atom stereocenters. The number of rotatable bonds is 8. The molecular formula is C43H45ClN6O2. The van der Waals surface area contributed by atoms with E-state index in [1.54, 1.807) is 11.9 Å². The van der Waals surface area contributed by atoms with E-state index in [4.69, 9.17) is 31.7 Å². The van der Waals surface area contributed by atoms with E-state index in [1.807, 2.05) is 102 Å². The number of nitrogens with zero attached hydrogens (tertiary/aromatic N) is 5. The molecule has 0 radical (unpaired) electrons. The topological polar surface area (TPSA) is 85.2 Å². The number of allylic oxidation sites excluding steroid dienone is 2. The van der Waals surface area contributed by atoms with Gasteiger partial charge in [0.1, 0.15) is 5.38 Å². The number of nitrogens with one attached hydrogen (secondary N) is 1. The van der Waals surface area contributed by atoms with Gasteiger partial charge in [-0.3, -0.25) is 0 Å². The lowest BCUT2D eigenvalue weighted by atomic mass is 9.75. The largest absolute Gasteiger partial charge is 0.353 e. The lowest BCUT2D eigenvalue weighted by Crippen LogP contribution is -2.60. The number of carbonyl (C=O) groups is 1. The van der Waals surface area contributed by atoms with Crippen LogP contribution in [0.25, 0.3) is 11.1 Å². The Morgan fingerprint density at radius 1 is 0.808 bits per heavy atom. The third kappa shape index (κ3) is 6.46. The number of benzene rings is 4. The van der Waals surface area contributed by atoms with Gasteiger partial charge in [0.05, 0.1) is 0 Å². The summed E-state index contributed by atoms with van der Waals surface area (Å²) in [7, 11) is 1.56. The van der Waals surface area contributed by atoms with Crippen LogP contribution >= 0.6 is 11.6 Å². The van der Waals surface area contributed by atoms with E-state index in [2.05, 4.69) is 62.5 Å². The van der Waals surface area contributed by atoms with Crippen molar-refractivity contribution in [1.82, 2.24) is 30.4 Å². The molecule has 2 heterocycles. The molecule has 7 rings (SSSR count). The molecule has 4 aromatic carbocycles. The van der Waals surface area contributed by atoms with Gasteiger partial charge in [-0.2, -0.15) is 0 Å². The zero-order valence-electron chi connectivity index (χ0n) is 30.1. The fourth-order valence-electron chi connectivity index (χ4n) is 7.71. The molecule has 1 fully saturated rings. The van der Waals surface area contributed by atoms with Gasteiger partial charge in [-0.1, -0.05) is 148 Å². The second-order valence-corrected chi connectivity index (χ2v) is 15.1. The standard InChI is InChI=1S/C43H45ClN6O2/c1-41(2,3)32-26-29-49(30-27-32)40(51)45-42(52-4)28-25-36(31-17-9-5-10-18-31)37(38(42)44)39-46-48-50(47-39)43(33-19-11-6-12-20-33,34-21-13-7-14-22-34)35-23-15-8-16-24-35/h5-25,28,32,38H,26-27,29-30H2,1-4H3,(H,45,51). The Morgan fingerprint density at radius 2 is 1.31 bits per heavy atom. The van der Waals surface area contributed by atoms with Gasteiger partial charge in [0.15, 0.2) is 11.3 Å². The Hall–Kier alpha value is -5.05. The highest BCUT2D eigenvalue weighted by Crippen LogP contribution is 2.44. The first-order valence-corrected chi connectivity index (χ1v) is 18.3. The summed E-state index contributed by atoms with van der Waals surface area (Å²) < 4.78 is 6.15. The first-order valence-electron chi connectivity index (χ1n) is 17.9. The molecule has 0 bridgehead atoms. The quantitative estimate of drug-likeness (QED) is 0.0993. The molecule has 1 aliphatic heterocycles. The Kier molecular flexibility index (Phi) is 9.88. The summed E-state index contributed by atoms with van der Waals surface area (Å²) in [6.45, 7) is 8.13. The molecule has 5 aromatic rings. The first-order chi connectivity index (χ1) is 25.2. The number of piperidine rings is 1. The number of methoxy groups -OCH3 is 1. The highest BCUT2D eigenvalue weighted by molar-refractivity contribution is 6.30. The molecule has 2 atom stereocenters. The number of halogens is 1. The second kappa shape index (κ2) is 14.5. The summed E-state index contributed by atoms with van der Waals surface area (Å²) in [5, 5.41) is 17.0. The van der Waals surface area contributed by atoms with Crippen molar-refractivity contribution in [3.8, 4) is 0 Å². The van der Waals surface area contributed by atoms with E-state index in [0.717, 1.165) is 40.7 Å². The fraction of sp³-hybridized carbons (Fsp3) is 0.302. The highest BCUT2D eigenvalue weighted by atomic mass is 35.5. The maximum absolute atomic E-state index is 13.9. The van der Waals surface area contributed by atoms with Crippen LogP contribution in [0, 0.1) is 11.3 Å². The molecule has 9 heteroatoms. The average molecular weight is 713 g/mol. The van der Waals surface area contributed by atoms with Crippen LogP contribution in [0.4, 0.5) is 4.79 Å². The van der Waals surface area contributed by atoms with Crippen molar-refractivity contribution in [1.29, 1.82) is 0 Å². The van der Waals surface area contributed by atoms with Crippen LogP contribution < -0.4 is 5.32 Å². The SMILES string of the molecule is COC1(NC(=O)N2CCC(C(C)(C)C)CC2)C=CC(c2ccccc2)=C(c2nnn(C(c3ccccc3)(c3ccccc3)c3ccccc3)n2)C1Cl. The number of urea groups is 1. The predicted molar refractivity (Wildman–Crippen MR) is 206 cm³/mol. The molecular weight excluding hydrogens is 668 g/mol. The number of amides is 2. The van der Waals surface area contributed by atoms with E-state index in [-0.39, 0.29) is 11.4 Å². The number of hydrogen-bond donors (Lipinski definition) is 1. The van der Waals surface area contributed by atoms with Gasteiger partial charge in [-0.05, 0) is 63.3 Å². The maximum atomic E-state index is 13.9. The van der Waals surface area contributed by atoms with Crippen molar-refractivity contribution in [3.63, 3.8) is 0 Å². The predicted octanol–water partition coefficient (Wildman–Crippen LogP) is 8.41. The zero-order valence-corrected chi connectivity index (χ0v) is 30.9. The highest BCUT2D eigenvalue weighted by Gasteiger charge is 2.47. The fourth-order valence-corrected chi connectivity index (χ4v) is 8.14. The molecule has 1 aliphatic carbocycles. The van der Waals surface area contributed by atoms with Crippen molar-refractivity contribution < 1.29 is 9.53 Å². The van der Waals surface area contributed by atoms with E-state index in [1.165, 1.54) is 0 Å². The van der Waals surface area contributed by atoms with Crippen LogP contribution in [0.1, 0.15) is 61.7 Å². The summed E-state index contributed by atoms with van der Waals surface area (Å²) >= 11 is 7.54. The van der Waals surface area contributed by atoms with Crippen molar-refractivity contribution >= 4 is 28.8 Å². The van der Waals surface area contributed by atoms with Gasteiger partial charge in [0.2, 0.25) is 5.82 Å². The minimum Gasteiger partial charge on any atom is -0.353 e. The molecule has 0 spiro atoms. The number of aromatic nitrogens is 4. The van der Waals surface area contributed by atoms with Crippen LogP contribution in [0.5, 0.6) is 0 Å². The van der Waals surface area contributed by atoms with E-state index in [0.29, 0.717) is 30.4 Å². The Balaban J connectivity index is 1.33. The first kappa shape index (κ1) is 35.4. The summed E-state index contributed by atoms with van der Waals surface area (Å²) in [6, 6.07) is 40.4. The van der Waals surface area contributed by atoms with Gasteiger partial charge in [0, 0.05) is 25.8 Å². The lowest BCUT2D eigenvalue weighted by Gasteiger charge is -2.42. The van der Waals surface area contributed by atoms with Gasteiger partial charge in [-0.15, -0.1) is 26.6 Å². The summed E-state index contributed by atoms with van der Waals surface area (Å²) in [5.41, 5.74) is 3.08. The van der Waals surface area contributed by atoms with Gasteiger partial charge < -0.3 is 15.0 Å². The van der Waals surface area contributed by atoms with Gasteiger partial charge >= 0.3 is 6.03 Å². The number of alkyl halides is 1. The summed E-state index contributed by atoms with van der Waals surface area (Å²) in [4.78, 5) is 17.5. The van der Waals surface area contributed by atoms with E-state index < -0.39 is 16.6 Å². The number of carbonyl (C=O) groups excluding carboxylic acids is 1. The second-order valence-electron chi connectivity index (χ2n) is 14.7. The third-order valence-corrected chi connectivity index (χ3v) is 11.2. The molecule has 8 nitrogen and oxygen atoms in total. The van der Waals surface area contributed by atoms with Crippen molar-refractivity contribution in [2.75, 3.05) is 20.2 Å². The molecule has 1 N–H and O–H groups in total. The van der Waals surface area contributed by atoms with Crippen LogP contribution in [0.3, 0.4) is 0 Å². The van der Waals surface area contributed by atoms with Crippen LogP contribution in [-0.2, 0) is 10.3 Å². The Labute approximate surface area is 311 Å². The summed E-state index contributed by atoms with van der Waals surface area (Å²) in [5.74, 6) is 0.881. The van der Waals surface area contributed by atoms with Gasteiger partial charge in [-0.25, -0.2) is 4.79 Å². The molecule has 1 saturated heterocycles. The number of ether oxygens (including phenoxy) is 1. The van der Waals surface area contributed by atoms with Crippen LogP contribution in [0.2, 0.25) is 0 Å². The smallest absolute Gasteiger partial charge is 0.319 e. The Morgan fingerprint density at radius 3 is 1.79 bits per heavy atom. The van der Waals surface area contributed by atoms with Crippen LogP contribution in [0.15, 0.2) is 133 Å². The molecule has 2 aliphatic rings. The molecule has 1 aromatic heterocycles. The number of likely N-dealkylation sites (tertiary alicyclic amines) is 1. The Bertz CT molecular complexity index is 1940. The minimum absolute atomic E-state index is 0.195. The normalized spacial score (nSPS) is 19.9. The third-order valence-electron chi connectivity index (χ3n) is 10.7. The zero-order chi connectivity index (χ0) is 36.3. The maximum Gasteiger partial charge on any atom is 0.319 e. The van der Waals surface area contributed by atoms with Gasteiger partial charge in [0.25, 0.3) is 0 Å². The van der Waals surface area contributed by atoms with Crippen molar-refractivity contribution in [3.05, 3.63) is 162 Å². The molecule has 2 amide bonds. The number of hydrogen-bond acceptors (Lipinski definition) is 5. The molecule has 266 valence electrons. The van der Waals surface area contributed by atoms with E-state index >= 15 is 0 Å². The van der Waals surface area contributed by atoms with E-state index in [9.17, 15) is 4.79 Å². The average Bonchev–Trinajstić information content (AvgIpc) is 3.67. The molecule has 0 saturated carbocycles. The lowest BCUT2D eigenvalue weighted by molar-refractivity contribution is 0.0121. The summed E-state index contributed by atoms with van der Waals surface area (Å²) in [6.07, 6.45) is 5.67. The molecule has 52 heavy (non-hydrogen) atoms. The van der Waals surface area contributed by atoms with Crippen LogP contribution in [-0.4, -0.2) is 62.4 Å².